The number of rotatable bonds is 5. The van der Waals surface area contributed by atoms with Gasteiger partial charge in [0.15, 0.2) is 0 Å². The van der Waals surface area contributed by atoms with Crippen LogP contribution in [0.4, 0.5) is 0 Å². The minimum absolute atomic E-state index is 0.123. The van der Waals surface area contributed by atoms with E-state index in [9.17, 15) is 13.2 Å². The summed E-state index contributed by atoms with van der Waals surface area (Å²) in [6.45, 7) is 1.32. The molecular weight excluding hydrogens is 318 g/mol. The van der Waals surface area contributed by atoms with Crippen molar-refractivity contribution in [1.82, 2.24) is 4.72 Å². The van der Waals surface area contributed by atoms with E-state index >= 15 is 0 Å². The van der Waals surface area contributed by atoms with E-state index in [0.717, 1.165) is 11.3 Å². The van der Waals surface area contributed by atoms with Crippen molar-refractivity contribution in [3.8, 4) is 0 Å². The van der Waals surface area contributed by atoms with Crippen LogP contribution in [0, 0.1) is 5.92 Å². The van der Waals surface area contributed by atoms with E-state index in [1.165, 1.54) is 6.92 Å². The molecular formula is C8H10BrNO4S2. The Kier molecular flexibility index (Phi) is 4.48. The average molecular weight is 328 g/mol. The first kappa shape index (κ1) is 13.6. The second-order valence-electron chi connectivity index (χ2n) is 3.15. The van der Waals surface area contributed by atoms with Crippen LogP contribution in [-0.2, 0) is 14.8 Å². The molecule has 5 nitrogen and oxygen atoms in total. The number of thiophene rings is 1. The third-order valence-corrected chi connectivity index (χ3v) is 5.92. The van der Waals surface area contributed by atoms with E-state index in [2.05, 4.69) is 20.7 Å². The van der Waals surface area contributed by atoms with Crippen LogP contribution in [0.2, 0.25) is 0 Å². The zero-order chi connectivity index (χ0) is 12.3. The van der Waals surface area contributed by atoms with Crippen LogP contribution in [-0.4, -0.2) is 26.0 Å². The van der Waals surface area contributed by atoms with Gasteiger partial charge in [0.1, 0.15) is 4.21 Å². The molecule has 0 aromatic carbocycles. The molecule has 0 amide bonds. The van der Waals surface area contributed by atoms with Crippen LogP contribution < -0.4 is 4.72 Å². The van der Waals surface area contributed by atoms with E-state index in [1.54, 1.807) is 11.4 Å². The predicted molar refractivity (Wildman–Crippen MR) is 64.0 cm³/mol. The van der Waals surface area contributed by atoms with Gasteiger partial charge in [0.05, 0.1) is 5.92 Å². The summed E-state index contributed by atoms with van der Waals surface area (Å²) < 4.78 is 26.3. The maximum absolute atomic E-state index is 11.7. The Bertz CT molecular complexity index is 482. The van der Waals surface area contributed by atoms with Gasteiger partial charge in [-0.05, 0) is 27.4 Å². The Morgan fingerprint density at radius 2 is 2.31 bits per heavy atom. The van der Waals surface area contributed by atoms with Gasteiger partial charge < -0.3 is 5.11 Å². The smallest absolute Gasteiger partial charge is 0.307 e. The second-order valence-corrected chi connectivity index (χ2v) is 6.88. The van der Waals surface area contributed by atoms with E-state index in [0.29, 0.717) is 4.47 Å². The summed E-state index contributed by atoms with van der Waals surface area (Å²) in [6.07, 6.45) is 0. The number of hydrogen-bond acceptors (Lipinski definition) is 4. The standard InChI is InChI=1S/C8H10BrNO4S2/c1-5(7(11)12)4-10-16(13,14)8-6(9)2-3-15-8/h2-3,5,10H,4H2,1H3,(H,11,12). The van der Waals surface area contributed by atoms with Crippen molar-refractivity contribution in [3.63, 3.8) is 0 Å². The fourth-order valence-corrected chi connectivity index (χ4v) is 4.37. The Hall–Kier alpha value is -0.440. The van der Waals surface area contributed by atoms with Gasteiger partial charge in [0, 0.05) is 11.0 Å². The molecule has 1 aromatic rings. The highest BCUT2D eigenvalue weighted by molar-refractivity contribution is 9.10. The fourth-order valence-electron chi connectivity index (χ4n) is 0.859. The molecule has 1 aromatic heterocycles. The molecule has 1 heterocycles. The minimum Gasteiger partial charge on any atom is -0.481 e. The van der Waals surface area contributed by atoms with Crippen molar-refractivity contribution in [2.24, 2.45) is 5.92 Å². The summed E-state index contributed by atoms with van der Waals surface area (Å²) in [5.41, 5.74) is 0. The maximum Gasteiger partial charge on any atom is 0.307 e. The lowest BCUT2D eigenvalue weighted by Gasteiger charge is -2.08. The van der Waals surface area contributed by atoms with Gasteiger partial charge in [0.2, 0.25) is 0 Å². The largest absolute Gasteiger partial charge is 0.481 e. The van der Waals surface area contributed by atoms with E-state index in [-0.39, 0.29) is 10.8 Å². The molecule has 8 heteroatoms. The Balaban J connectivity index is 2.75. The van der Waals surface area contributed by atoms with Gasteiger partial charge in [-0.15, -0.1) is 11.3 Å². The molecule has 1 atom stereocenters. The topological polar surface area (TPSA) is 83.5 Å². The van der Waals surface area contributed by atoms with Gasteiger partial charge in [-0.3, -0.25) is 4.79 Å². The molecule has 1 unspecified atom stereocenters. The summed E-state index contributed by atoms with van der Waals surface area (Å²) in [7, 11) is -3.62. The fraction of sp³-hybridized carbons (Fsp3) is 0.375. The molecule has 90 valence electrons. The monoisotopic (exact) mass is 327 g/mol. The molecule has 0 spiro atoms. The van der Waals surface area contributed by atoms with Crippen molar-refractivity contribution in [2.75, 3.05) is 6.54 Å². The summed E-state index contributed by atoms with van der Waals surface area (Å²) >= 11 is 4.18. The number of aliphatic carboxylic acids is 1. The Morgan fingerprint density at radius 3 is 2.75 bits per heavy atom. The van der Waals surface area contributed by atoms with Crippen LogP contribution >= 0.6 is 27.3 Å². The van der Waals surface area contributed by atoms with Crippen LogP contribution in [0.25, 0.3) is 0 Å². The first-order valence-corrected chi connectivity index (χ1v) is 7.45. The second kappa shape index (κ2) is 5.26. The third kappa shape index (κ3) is 3.27. The zero-order valence-corrected chi connectivity index (χ0v) is 11.5. The summed E-state index contributed by atoms with van der Waals surface area (Å²) in [4.78, 5) is 10.5. The van der Waals surface area contributed by atoms with Gasteiger partial charge in [0.25, 0.3) is 10.0 Å². The van der Waals surface area contributed by atoms with E-state index in [4.69, 9.17) is 5.11 Å². The molecule has 0 radical (unpaired) electrons. The normalized spacial score (nSPS) is 13.6. The highest BCUT2D eigenvalue weighted by Gasteiger charge is 2.21. The molecule has 0 saturated heterocycles. The lowest BCUT2D eigenvalue weighted by atomic mass is 10.2. The molecule has 1 rings (SSSR count). The highest BCUT2D eigenvalue weighted by atomic mass is 79.9. The number of carboxylic acid groups (broad SMARTS) is 1. The van der Waals surface area contributed by atoms with Crippen LogP contribution in [0.15, 0.2) is 20.1 Å². The van der Waals surface area contributed by atoms with E-state index in [1.807, 2.05) is 0 Å². The molecule has 0 fully saturated rings. The van der Waals surface area contributed by atoms with E-state index < -0.39 is 21.9 Å². The molecule has 2 N–H and O–H groups in total. The minimum atomic E-state index is -3.62. The number of carbonyl (C=O) groups is 1. The molecule has 0 aliphatic rings. The first-order chi connectivity index (χ1) is 7.34. The van der Waals surface area contributed by atoms with Gasteiger partial charge in [-0.1, -0.05) is 6.92 Å². The van der Waals surface area contributed by atoms with Crippen LogP contribution in [0.1, 0.15) is 6.92 Å². The van der Waals surface area contributed by atoms with Gasteiger partial charge in [-0.25, -0.2) is 13.1 Å². The van der Waals surface area contributed by atoms with Crippen LogP contribution in [0.3, 0.4) is 0 Å². The molecule has 0 aliphatic carbocycles. The molecule has 0 aliphatic heterocycles. The lowest BCUT2D eigenvalue weighted by molar-refractivity contribution is -0.140. The SMILES string of the molecule is CC(CNS(=O)(=O)c1sccc1Br)C(=O)O. The third-order valence-electron chi connectivity index (χ3n) is 1.83. The number of sulfonamides is 1. The Labute approximate surface area is 106 Å². The number of halogens is 1. The van der Waals surface area contributed by atoms with Crippen molar-refractivity contribution in [2.45, 2.75) is 11.1 Å². The summed E-state index contributed by atoms with van der Waals surface area (Å²) in [6, 6.07) is 1.62. The quantitative estimate of drug-likeness (QED) is 0.858. The first-order valence-electron chi connectivity index (χ1n) is 4.30. The number of hydrogen-bond donors (Lipinski definition) is 2. The lowest BCUT2D eigenvalue weighted by Crippen LogP contribution is -2.31. The van der Waals surface area contributed by atoms with Crippen molar-refractivity contribution < 1.29 is 18.3 Å². The predicted octanol–water partition coefficient (Wildman–Crippen LogP) is 1.51. The zero-order valence-electron chi connectivity index (χ0n) is 8.31. The van der Waals surface area contributed by atoms with Crippen molar-refractivity contribution in [1.29, 1.82) is 0 Å². The van der Waals surface area contributed by atoms with Crippen molar-refractivity contribution >= 4 is 43.3 Å². The summed E-state index contributed by atoms with van der Waals surface area (Å²) in [5, 5.41) is 10.3. The average Bonchev–Trinajstić information content (AvgIpc) is 2.61. The number of carboxylic acids is 1. The maximum atomic E-state index is 11.7. The van der Waals surface area contributed by atoms with Gasteiger partial charge in [-0.2, -0.15) is 0 Å². The summed E-state index contributed by atoms with van der Waals surface area (Å²) in [5.74, 6) is -1.79. The molecule has 16 heavy (non-hydrogen) atoms. The Morgan fingerprint density at radius 1 is 1.69 bits per heavy atom. The van der Waals surface area contributed by atoms with Gasteiger partial charge >= 0.3 is 5.97 Å². The van der Waals surface area contributed by atoms with Crippen LogP contribution in [0.5, 0.6) is 0 Å². The highest BCUT2D eigenvalue weighted by Crippen LogP contribution is 2.27. The van der Waals surface area contributed by atoms with Crippen molar-refractivity contribution in [3.05, 3.63) is 15.9 Å². The number of nitrogens with one attached hydrogen (secondary N) is 1. The molecule has 0 bridgehead atoms. The molecule has 0 saturated carbocycles.